The Morgan fingerprint density at radius 3 is 2.29 bits per heavy atom. The second-order valence-corrected chi connectivity index (χ2v) is 8.64. The molecule has 0 spiro atoms. The molecule has 0 fully saturated rings. The first kappa shape index (κ1) is 19.8. The molecule has 1 aliphatic rings. The summed E-state index contributed by atoms with van der Waals surface area (Å²) in [6.45, 7) is 4.97. The summed E-state index contributed by atoms with van der Waals surface area (Å²) in [5.41, 5.74) is 0.0452. The molecule has 0 radical (unpaired) electrons. The maximum Gasteiger partial charge on any atom is 0.338 e. The van der Waals surface area contributed by atoms with Gasteiger partial charge in [0.1, 0.15) is 0 Å². The summed E-state index contributed by atoms with van der Waals surface area (Å²) in [5.74, 6) is -1.74. The van der Waals surface area contributed by atoms with Crippen molar-refractivity contribution in [2.75, 3.05) is 0 Å². The van der Waals surface area contributed by atoms with E-state index < -0.39 is 33.6 Å². The quantitative estimate of drug-likeness (QED) is 0.671. The fraction of sp³-hybridized carbons (Fsp3) is 0.250. The molecule has 0 unspecified atom stereocenters. The van der Waals surface area contributed by atoms with E-state index in [0.717, 1.165) is 6.07 Å². The predicted molar refractivity (Wildman–Crippen MR) is 99.9 cm³/mol. The van der Waals surface area contributed by atoms with Gasteiger partial charge < -0.3 is 10.1 Å². The smallest absolute Gasteiger partial charge is 0.338 e. The van der Waals surface area contributed by atoms with Crippen molar-refractivity contribution in [3.8, 4) is 0 Å². The van der Waals surface area contributed by atoms with Gasteiger partial charge in [-0.05, 0) is 51.1 Å². The zero-order chi connectivity index (χ0) is 20.6. The lowest BCUT2D eigenvalue weighted by Gasteiger charge is -2.19. The SMILES string of the molecule is CC(C)NC(=O)[C@H](C)OC(=O)c1ccc2c(c1)S(=O)(=O)c1ccccc1C2=O. The van der Waals surface area contributed by atoms with Crippen molar-refractivity contribution in [2.45, 2.75) is 42.7 Å². The third kappa shape index (κ3) is 3.43. The zero-order valence-electron chi connectivity index (χ0n) is 15.6. The standard InChI is InChI=1S/C20H19NO6S/c1-11(2)21-19(23)12(3)27-20(24)13-8-9-15-17(10-13)28(25,26)16-7-5-4-6-14(16)18(15)22/h4-12H,1-3H3,(H,21,23)/t12-/m0/s1. The van der Waals surface area contributed by atoms with Gasteiger partial charge in [-0.1, -0.05) is 12.1 Å². The minimum absolute atomic E-state index is 0.000786. The van der Waals surface area contributed by atoms with Crippen molar-refractivity contribution in [3.05, 3.63) is 59.2 Å². The van der Waals surface area contributed by atoms with Crippen molar-refractivity contribution in [3.63, 3.8) is 0 Å². The lowest BCUT2D eigenvalue weighted by atomic mass is 10.0. The van der Waals surface area contributed by atoms with Gasteiger partial charge in [-0.2, -0.15) is 0 Å². The molecule has 0 aliphatic carbocycles. The second kappa shape index (κ2) is 7.20. The first-order valence-electron chi connectivity index (χ1n) is 8.67. The number of rotatable bonds is 4. The largest absolute Gasteiger partial charge is 0.449 e. The minimum Gasteiger partial charge on any atom is -0.449 e. The molecule has 146 valence electrons. The topological polar surface area (TPSA) is 107 Å². The van der Waals surface area contributed by atoms with Crippen molar-refractivity contribution in [2.24, 2.45) is 0 Å². The van der Waals surface area contributed by atoms with E-state index >= 15 is 0 Å². The number of hydrogen-bond donors (Lipinski definition) is 1. The number of ether oxygens (including phenoxy) is 1. The first-order valence-corrected chi connectivity index (χ1v) is 10.2. The van der Waals surface area contributed by atoms with Crippen molar-refractivity contribution >= 4 is 27.5 Å². The number of carbonyl (C=O) groups excluding carboxylic acids is 3. The number of ketones is 1. The average Bonchev–Trinajstić information content (AvgIpc) is 2.65. The van der Waals surface area contributed by atoms with Gasteiger partial charge in [0.2, 0.25) is 9.84 Å². The minimum atomic E-state index is -3.96. The van der Waals surface area contributed by atoms with Gasteiger partial charge >= 0.3 is 5.97 Å². The van der Waals surface area contributed by atoms with E-state index in [1.54, 1.807) is 19.9 Å². The molecule has 1 heterocycles. The Kier molecular flexibility index (Phi) is 5.08. The maximum atomic E-state index is 12.9. The summed E-state index contributed by atoms with van der Waals surface area (Å²) in [6, 6.07) is 9.54. The lowest BCUT2D eigenvalue weighted by Crippen LogP contribution is -2.39. The number of carbonyl (C=O) groups is 3. The van der Waals surface area contributed by atoms with Crippen LogP contribution in [0.2, 0.25) is 0 Å². The van der Waals surface area contributed by atoms with Crippen LogP contribution in [-0.2, 0) is 19.4 Å². The molecular weight excluding hydrogens is 382 g/mol. The molecule has 1 aliphatic heterocycles. The molecule has 1 atom stereocenters. The van der Waals surface area contributed by atoms with Gasteiger partial charge in [0.15, 0.2) is 11.9 Å². The van der Waals surface area contributed by atoms with Gasteiger partial charge in [0.05, 0.1) is 15.4 Å². The molecule has 28 heavy (non-hydrogen) atoms. The van der Waals surface area contributed by atoms with E-state index in [1.807, 2.05) is 0 Å². The van der Waals surface area contributed by atoms with E-state index in [0.29, 0.717) is 0 Å². The summed E-state index contributed by atoms with van der Waals surface area (Å²) < 4.78 is 30.9. The van der Waals surface area contributed by atoms with Crippen LogP contribution in [0.3, 0.4) is 0 Å². The summed E-state index contributed by atoms with van der Waals surface area (Å²) in [5, 5.41) is 2.62. The van der Waals surface area contributed by atoms with Gasteiger partial charge in [0.25, 0.3) is 5.91 Å². The molecule has 1 N–H and O–H groups in total. The molecule has 0 saturated carbocycles. The Hall–Kier alpha value is -3.00. The normalized spacial score (nSPS) is 15.4. The molecule has 8 heteroatoms. The Morgan fingerprint density at radius 2 is 1.61 bits per heavy atom. The third-order valence-electron chi connectivity index (χ3n) is 4.26. The highest BCUT2D eigenvalue weighted by molar-refractivity contribution is 7.91. The summed E-state index contributed by atoms with van der Waals surface area (Å²) in [6.07, 6.45) is -1.05. The lowest BCUT2D eigenvalue weighted by molar-refractivity contribution is -0.129. The molecule has 2 aromatic carbocycles. The van der Waals surface area contributed by atoms with Crippen molar-refractivity contribution in [1.82, 2.24) is 5.32 Å². The number of benzene rings is 2. The van der Waals surface area contributed by atoms with Crippen LogP contribution in [0.15, 0.2) is 52.3 Å². The third-order valence-corrected chi connectivity index (χ3v) is 6.11. The highest BCUT2D eigenvalue weighted by Crippen LogP contribution is 2.34. The fourth-order valence-corrected chi connectivity index (χ4v) is 4.57. The van der Waals surface area contributed by atoms with Crippen LogP contribution in [0.4, 0.5) is 0 Å². The maximum absolute atomic E-state index is 12.9. The molecule has 0 saturated heterocycles. The molecule has 7 nitrogen and oxygen atoms in total. The monoisotopic (exact) mass is 401 g/mol. The highest BCUT2D eigenvalue weighted by Gasteiger charge is 2.35. The van der Waals surface area contributed by atoms with E-state index in [4.69, 9.17) is 4.74 Å². The van der Waals surface area contributed by atoms with Crippen LogP contribution in [0, 0.1) is 0 Å². The summed E-state index contributed by atoms with van der Waals surface area (Å²) >= 11 is 0. The number of amides is 1. The van der Waals surface area contributed by atoms with Gasteiger partial charge in [0, 0.05) is 17.2 Å². The van der Waals surface area contributed by atoms with Crippen LogP contribution < -0.4 is 5.32 Å². The number of nitrogens with one attached hydrogen (secondary N) is 1. The highest BCUT2D eigenvalue weighted by atomic mass is 32.2. The van der Waals surface area contributed by atoms with E-state index in [9.17, 15) is 22.8 Å². The second-order valence-electron chi connectivity index (χ2n) is 6.75. The van der Waals surface area contributed by atoms with Crippen LogP contribution in [0.5, 0.6) is 0 Å². The van der Waals surface area contributed by atoms with Crippen LogP contribution in [0.25, 0.3) is 0 Å². The molecule has 3 rings (SSSR count). The van der Waals surface area contributed by atoms with E-state index in [2.05, 4.69) is 5.32 Å². The van der Waals surface area contributed by atoms with Crippen molar-refractivity contribution < 1.29 is 27.5 Å². The van der Waals surface area contributed by atoms with Gasteiger partial charge in [-0.15, -0.1) is 0 Å². The van der Waals surface area contributed by atoms with Crippen molar-refractivity contribution in [1.29, 1.82) is 0 Å². The Labute approximate surface area is 162 Å². The molecule has 0 aromatic heterocycles. The summed E-state index contributed by atoms with van der Waals surface area (Å²) in [7, 11) is -3.96. The van der Waals surface area contributed by atoms with Crippen LogP contribution >= 0.6 is 0 Å². The van der Waals surface area contributed by atoms with Crippen LogP contribution in [0.1, 0.15) is 47.1 Å². The van der Waals surface area contributed by atoms with Gasteiger partial charge in [-0.3, -0.25) is 9.59 Å². The zero-order valence-corrected chi connectivity index (χ0v) is 16.4. The predicted octanol–water partition coefficient (Wildman–Crippen LogP) is 2.13. The Balaban J connectivity index is 1.94. The first-order chi connectivity index (χ1) is 13.1. The summed E-state index contributed by atoms with van der Waals surface area (Å²) in [4.78, 5) is 36.6. The Bertz CT molecular complexity index is 1090. The van der Waals surface area contributed by atoms with E-state index in [-0.39, 0.29) is 32.5 Å². The number of esters is 1. The van der Waals surface area contributed by atoms with Gasteiger partial charge in [-0.25, -0.2) is 13.2 Å². The Morgan fingerprint density at radius 1 is 0.964 bits per heavy atom. The average molecular weight is 401 g/mol. The molecule has 1 amide bonds. The molecule has 2 aromatic rings. The molecular formula is C20H19NO6S. The number of hydrogen-bond acceptors (Lipinski definition) is 6. The fourth-order valence-electron chi connectivity index (χ4n) is 2.90. The number of fused-ring (bicyclic) bond motifs is 2. The number of sulfone groups is 1. The molecule has 0 bridgehead atoms. The van der Waals surface area contributed by atoms with Crippen LogP contribution in [-0.4, -0.2) is 38.2 Å². The van der Waals surface area contributed by atoms with E-state index in [1.165, 1.54) is 37.3 Å².